The number of nitrogens with zero attached hydrogens (tertiary/aromatic N) is 1. The SMILES string of the molecule is O=C(NC[C@@H]1CCCN(C(=O)[C@@H]2C[C@H]3CC[C@H]2C3)C1)c1ccccc1. The first-order valence-corrected chi connectivity index (χ1v) is 9.82. The van der Waals surface area contributed by atoms with Crippen molar-refractivity contribution in [1.29, 1.82) is 0 Å². The van der Waals surface area contributed by atoms with E-state index in [4.69, 9.17) is 0 Å². The van der Waals surface area contributed by atoms with Crippen LogP contribution < -0.4 is 5.32 Å². The summed E-state index contributed by atoms with van der Waals surface area (Å²) in [4.78, 5) is 27.2. The van der Waals surface area contributed by atoms with Crippen molar-refractivity contribution >= 4 is 11.8 Å². The Labute approximate surface area is 150 Å². The molecule has 1 saturated heterocycles. The molecule has 0 radical (unpaired) electrons. The quantitative estimate of drug-likeness (QED) is 0.916. The number of benzene rings is 1. The van der Waals surface area contributed by atoms with Crippen LogP contribution in [0.15, 0.2) is 30.3 Å². The molecule has 0 aromatic heterocycles. The van der Waals surface area contributed by atoms with Gasteiger partial charge in [-0.15, -0.1) is 0 Å². The third kappa shape index (κ3) is 3.58. The summed E-state index contributed by atoms with van der Waals surface area (Å²) in [6.07, 6.45) is 7.14. The van der Waals surface area contributed by atoms with Crippen LogP contribution in [0.2, 0.25) is 0 Å². The molecule has 4 nitrogen and oxygen atoms in total. The number of hydrogen-bond donors (Lipinski definition) is 1. The van der Waals surface area contributed by atoms with Crippen LogP contribution >= 0.6 is 0 Å². The predicted octanol–water partition coefficient (Wildman–Crippen LogP) is 3.09. The van der Waals surface area contributed by atoms with Crippen LogP contribution in [0.5, 0.6) is 0 Å². The van der Waals surface area contributed by atoms with Gasteiger partial charge >= 0.3 is 0 Å². The van der Waals surface area contributed by atoms with E-state index in [1.165, 1.54) is 19.3 Å². The topological polar surface area (TPSA) is 49.4 Å². The van der Waals surface area contributed by atoms with E-state index < -0.39 is 0 Å². The van der Waals surface area contributed by atoms with Crippen LogP contribution in [0.4, 0.5) is 0 Å². The molecule has 2 saturated carbocycles. The Morgan fingerprint density at radius 3 is 2.64 bits per heavy atom. The third-order valence-corrected chi connectivity index (χ3v) is 6.47. The van der Waals surface area contributed by atoms with E-state index in [0.717, 1.165) is 38.3 Å². The van der Waals surface area contributed by atoms with Crippen molar-refractivity contribution in [2.24, 2.45) is 23.7 Å². The van der Waals surface area contributed by atoms with E-state index in [-0.39, 0.29) is 11.8 Å². The predicted molar refractivity (Wildman–Crippen MR) is 97.0 cm³/mol. The zero-order valence-electron chi connectivity index (χ0n) is 14.8. The molecule has 4 atom stereocenters. The lowest BCUT2D eigenvalue weighted by molar-refractivity contribution is -0.139. The van der Waals surface area contributed by atoms with Crippen molar-refractivity contribution in [2.45, 2.75) is 38.5 Å². The molecule has 134 valence electrons. The maximum Gasteiger partial charge on any atom is 0.251 e. The van der Waals surface area contributed by atoms with E-state index in [1.807, 2.05) is 30.3 Å². The Bertz CT molecular complexity index is 630. The molecule has 4 rings (SSSR count). The van der Waals surface area contributed by atoms with Gasteiger partial charge in [0.1, 0.15) is 0 Å². The fraction of sp³-hybridized carbons (Fsp3) is 0.619. The van der Waals surface area contributed by atoms with Gasteiger partial charge in [-0.1, -0.05) is 24.6 Å². The smallest absolute Gasteiger partial charge is 0.251 e. The van der Waals surface area contributed by atoms with E-state index in [9.17, 15) is 9.59 Å². The molecule has 1 aromatic carbocycles. The van der Waals surface area contributed by atoms with Gasteiger partial charge in [-0.2, -0.15) is 0 Å². The van der Waals surface area contributed by atoms with Crippen molar-refractivity contribution in [3.05, 3.63) is 35.9 Å². The second kappa shape index (κ2) is 7.19. The van der Waals surface area contributed by atoms with Crippen molar-refractivity contribution in [3.8, 4) is 0 Å². The van der Waals surface area contributed by atoms with Crippen LogP contribution in [0, 0.1) is 23.7 Å². The minimum Gasteiger partial charge on any atom is -0.352 e. The van der Waals surface area contributed by atoms with Gasteiger partial charge in [0.15, 0.2) is 0 Å². The molecule has 0 unspecified atom stereocenters. The normalized spacial score (nSPS) is 31.1. The molecule has 4 heteroatoms. The van der Waals surface area contributed by atoms with Crippen LogP contribution in [0.25, 0.3) is 0 Å². The van der Waals surface area contributed by atoms with Gasteiger partial charge in [0, 0.05) is 31.1 Å². The summed E-state index contributed by atoms with van der Waals surface area (Å²) in [7, 11) is 0. The fourth-order valence-corrected chi connectivity index (χ4v) is 5.14. The number of hydrogen-bond acceptors (Lipinski definition) is 2. The van der Waals surface area contributed by atoms with Gasteiger partial charge in [0.05, 0.1) is 0 Å². The number of piperidine rings is 1. The molecular weight excluding hydrogens is 312 g/mol. The summed E-state index contributed by atoms with van der Waals surface area (Å²) in [6.45, 7) is 2.37. The first kappa shape index (κ1) is 16.6. The minimum absolute atomic E-state index is 0.0165. The van der Waals surface area contributed by atoms with Crippen molar-refractivity contribution in [3.63, 3.8) is 0 Å². The van der Waals surface area contributed by atoms with Crippen LogP contribution in [0.3, 0.4) is 0 Å². The number of rotatable bonds is 4. The van der Waals surface area contributed by atoms with E-state index in [0.29, 0.717) is 29.9 Å². The highest BCUT2D eigenvalue weighted by Gasteiger charge is 2.44. The maximum absolute atomic E-state index is 12.9. The number of fused-ring (bicyclic) bond motifs is 2. The van der Waals surface area contributed by atoms with Gasteiger partial charge in [-0.05, 0) is 62.0 Å². The summed E-state index contributed by atoms with van der Waals surface area (Å²) in [5.74, 6) is 2.50. The Morgan fingerprint density at radius 2 is 1.92 bits per heavy atom. The molecular formula is C21H28N2O2. The van der Waals surface area contributed by atoms with Gasteiger partial charge in [-0.25, -0.2) is 0 Å². The maximum atomic E-state index is 12.9. The highest BCUT2D eigenvalue weighted by Crippen LogP contribution is 2.49. The third-order valence-electron chi connectivity index (χ3n) is 6.47. The molecule has 0 spiro atoms. The Balaban J connectivity index is 1.29. The lowest BCUT2D eigenvalue weighted by atomic mass is 9.86. The van der Waals surface area contributed by atoms with Gasteiger partial charge < -0.3 is 10.2 Å². The summed E-state index contributed by atoms with van der Waals surface area (Å²) in [6, 6.07) is 9.34. The van der Waals surface area contributed by atoms with Crippen LogP contribution in [-0.4, -0.2) is 36.3 Å². The zero-order valence-corrected chi connectivity index (χ0v) is 14.8. The van der Waals surface area contributed by atoms with Gasteiger partial charge in [-0.3, -0.25) is 9.59 Å². The zero-order chi connectivity index (χ0) is 17.2. The summed E-state index contributed by atoms with van der Waals surface area (Å²) in [5, 5.41) is 3.05. The summed E-state index contributed by atoms with van der Waals surface area (Å²) < 4.78 is 0. The Kier molecular flexibility index (Phi) is 4.78. The lowest BCUT2D eigenvalue weighted by Crippen LogP contribution is -2.46. The molecule has 1 aliphatic heterocycles. The molecule has 2 amide bonds. The molecule has 2 aliphatic carbocycles. The molecule has 25 heavy (non-hydrogen) atoms. The monoisotopic (exact) mass is 340 g/mol. The second-order valence-electron chi connectivity index (χ2n) is 8.15. The molecule has 1 aromatic rings. The lowest BCUT2D eigenvalue weighted by Gasteiger charge is -2.36. The molecule has 3 aliphatic rings. The number of amides is 2. The number of likely N-dealkylation sites (tertiary alicyclic amines) is 1. The first-order chi connectivity index (χ1) is 12.2. The van der Waals surface area contributed by atoms with Gasteiger partial charge in [0.25, 0.3) is 5.91 Å². The van der Waals surface area contributed by atoms with Crippen molar-refractivity contribution in [2.75, 3.05) is 19.6 Å². The number of carbonyl (C=O) groups excluding carboxylic acids is 2. The minimum atomic E-state index is -0.0165. The fourth-order valence-electron chi connectivity index (χ4n) is 5.14. The first-order valence-electron chi connectivity index (χ1n) is 9.82. The van der Waals surface area contributed by atoms with Crippen LogP contribution in [-0.2, 0) is 4.79 Å². The Hall–Kier alpha value is -1.84. The van der Waals surface area contributed by atoms with Crippen LogP contribution in [0.1, 0.15) is 48.9 Å². The molecule has 3 fully saturated rings. The average Bonchev–Trinajstić information content (AvgIpc) is 3.30. The highest BCUT2D eigenvalue weighted by molar-refractivity contribution is 5.94. The second-order valence-corrected chi connectivity index (χ2v) is 8.15. The Morgan fingerprint density at radius 1 is 1.08 bits per heavy atom. The highest BCUT2D eigenvalue weighted by atomic mass is 16.2. The summed E-state index contributed by atoms with van der Waals surface area (Å²) in [5.41, 5.74) is 0.702. The molecule has 2 bridgehead atoms. The average molecular weight is 340 g/mol. The van der Waals surface area contributed by atoms with E-state index in [1.54, 1.807) is 0 Å². The standard InChI is InChI=1S/C21H28N2O2/c24-20(17-6-2-1-3-7-17)22-13-16-5-4-10-23(14-16)21(25)19-12-15-8-9-18(19)11-15/h1-3,6-7,15-16,18-19H,4-5,8-14H2,(H,22,24)/t15-,16-,18-,19+/m0/s1. The molecule has 1 N–H and O–H groups in total. The van der Waals surface area contributed by atoms with Crippen molar-refractivity contribution in [1.82, 2.24) is 10.2 Å². The van der Waals surface area contributed by atoms with E-state index in [2.05, 4.69) is 10.2 Å². The number of carbonyl (C=O) groups is 2. The van der Waals surface area contributed by atoms with E-state index >= 15 is 0 Å². The van der Waals surface area contributed by atoms with Gasteiger partial charge in [0.2, 0.25) is 5.91 Å². The van der Waals surface area contributed by atoms with Crippen molar-refractivity contribution < 1.29 is 9.59 Å². The molecule has 1 heterocycles. The largest absolute Gasteiger partial charge is 0.352 e. The summed E-state index contributed by atoms with van der Waals surface area (Å²) >= 11 is 0. The number of nitrogens with one attached hydrogen (secondary N) is 1.